The molecule has 0 spiro atoms. The van der Waals surface area contributed by atoms with Crippen LogP contribution in [0.5, 0.6) is 5.75 Å². The highest BCUT2D eigenvalue weighted by atomic mass is 32.2. The van der Waals surface area contributed by atoms with Gasteiger partial charge < -0.3 is 14.4 Å². The highest BCUT2D eigenvalue weighted by Gasteiger charge is 2.31. The molecular formula is C33H34N2O6S2. The van der Waals surface area contributed by atoms with E-state index in [1.165, 1.54) is 37.2 Å². The largest absolute Gasteiger partial charge is 0.497 e. The van der Waals surface area contributed by atoms with Gasteiger partial charge in [-0.3, -0.25) is 4.79 Å². The molecule has 8 nitrogen and oxygen atoms in total. The number of thiophene rings is 1. The fourth-order valence-corrected chi connectivity index (χ4v) is 7.86. The van der Waals surface area contributed by atoms with Gasteiger partial charge in [0.1, 0.15) is 5.75 Å². The number of sulfonamides is 1. The number of benzene rings is 2. The third-order valence-corrected chi connectivity index (χ3v) is 11.3. The first-order valence-corrected chi connectivity index (χ1v) is 16.9. The molecule has 1 saturated carbocycles. The fourth-order valence-electron chi connectivity index (χ4n) is 6.35. The Morgan fingerprint density at radius 1 is 1.07 bits per heavy atom. The van der Waals surface area contributed by atoms with Gasteiger partial charge in [-0.15, -0.1) is 11.3 Å². The maximum Gasteiger partial charge on any atom is 0.337 e. The molecule has 0 saturated heterocycles. The van der Waals surface area contributed by atoms with E-state index in [9.17, 15) is 23.1 Å². The minimum Gasteiger partial charge on any atom is -0.497 e. The van der Waals surface area contributed by atoms with Crippen molar-refractivity contribution in [2.24, 2.45) is 0 Å². The van der Waals surface area contributed by atoms with Crippen molar-refractivity contribution < 1.29 is 27.9 Å². The van der Waals surface area contributed by atoms with Gasteiger partial charge in [-0.25, -0.2) is 17.9 Å². The van der Waals surface area contributed by atoms with E-state index < -0.39 is 27.1 Å². The summed E-state index contributed by atoms with van der Waals surface area (Å²) in [6.07, 6.45) is 7.64. The van der Waals surface area contributed by atoms with Crippen LogP contribution in [0.2, 0.25) is 0 Å². The molecule has 1 aliphatic carbocycles. The SMILES string of the molecule is COc1ccc2c(c1)C=C(c1sccc1C(=O)O)Cn1c-2c(C2CCCCC2)c2ccc(C(=O)NS(=O)(=O)C(C)C)cc21. The van der Waals surface area contributed by atoms with Crippen LogP contribution >= 0.6 is 11.3 Å². The number of rotatable bonds is 7. The van der Waals surface area contributed by atoms with E-state index in [4.69, 9.17) is 4.74 Å². The van der Waals surface area contributed by atoms with Crippen molar-refractivity contribution in [3.8, 4) is 17.0 Å². The quantitative estimate of drug-likeness (QED) is 0.227. The first-order chi connectivity index (χ1) is 20.6. The van der Waals surface area contributed by atoms with E-state index >= 15 is 0 Å². The second-order valence-electron chi connectivity index (χ2n) is 11.5. The molecule has 1 amide bonds. The number of carbonyl (C=O) groups excluding carboxylic acids is 1. The lowest BCUT2D eigenvalue weighted by Crippen LogP contribution is -2.35. The summed E-state index contributed by atoms with van der Waals surface area (Å²) in [6.45, 7) is 3.43. The molecule has 0 atom stereocenters. The number of aromatic carboxylic acids is 1. The molecule has 6 rings (SSSR count). The number of methoxy groups -OCH3 is 1. The van der Waals surface area contributed by atoms with Crippen LogP contribution in [0, 0.1) is 0 Å². The summed E-state index contributed by atoms with van der Waals surface area (Å²) in [7, 11) is -2.19. The maximum absolute atomic E-state index is 13.2. The predicted octanol–water partition coefficient (Wildman–Crippen LogP) is 7.15. The molecule has 4 aromatic rings. The molecule has 0 unspecified atom stereocenters. The van der Waals surface area contributed by atoms with Crippen LogP contribution < -0.4 is 9.46 Å². The molecule has 2 aromatic heterocycles. The lowest BCUT2D eigenvalue weighted by atomic mass is 9.81. The number of amides is 1. The number of nitrogens with zero attached hydrogens (tertiary/aromatic N) is 1. The molecular weight excluding hydrogens is 585 g/mol. The number of nitrogens with one attached hydrogen (secondary N) is 1. The van der Waals surface area contributed by atoms with Crippen molar-refractivity contribution in [2.45, 2.75) is 63.7 Å². The first kappa shape index (κ1) is 29.2. The highest BCUT2D eigenvalue weighted by molar-refractivity contribution is 7.90. The molecule has 224 valence electrons. The molecule has 2 aromatic carbocycles. The van der Waals surface area contributed by atoms with Crippen molar-refractivity contribution in [3.63, 3.8) is 0 Å². The van der Waals surface area contributed by atoms with Gasteiger partial charge in [0, 0.05) is 33.5 Å². The van der Waals surface area contributed by atoms with E-state index in [2.05, 4.69) is 15.4 Å². The molecule has 0 bridgehead atoms. The second kappa shape index (κ2) is 11.3. The van der Waals surface area contributed by atoms with Gasteiger partial charge >= 0.3 is 5.97 Å². The lowest BCUT2D eigenvalue weighted by molar-refractivity contribution is 0.0697. The standard InChI is InChI=1S/C33H34N2O6S2/c1-19(2)43(39,40)34-32(36)21-9-11-26-28(17-21)35-18-23(31-27(33(37)38)13-14-42-31)15-22-16-24(41-3)10-12-25(22)30(35)29(26)20-7-5-4-6-8-20/h9-17,19-20H,4-8,18H2,1-3H3,(H,34,36)(H,37,38). The van der Waals surface area contributed by atoms with Crippen LogP contribution in [0.1, 0.15) is 88.6 Å². The van der Waals surface area contributed by atoms with Gasteiger partial charge in [0.05, 0.1) is 23.6 Å². The number of carbonyl (C=O) groups is 2. The van der Waals surface area contributed by atoms with Crippen LogP contribution in [-0.4, -0.2) is 42.3 Å². The van der Waals surface area contributed by atoms with Crippen LogP contribution in [0.4, 0.5) is 0 Å². The minimum absolute atomic E-state index is 0.243. The number of ether oxygens (including phenoxy) is 1. The van der Waals surface area contributed by atoms with Crippen LogP contribution in [0.3, 0.4) is 0 Å². The van der Waals surface area contributed by atoms with E-state index in [0.29, 0.717) is 23.1 Å². The first-order valence-electron chi connectivity index (χ1n) is 14.5. The molecule has 2 N–H and O–H groups in total. The summed E-state index contributed by atoms with van der Waals surface area (Å²) in [5.74, 6) is -0.640. The van der Waals surface area contributed by atoms with Crippen molar-refractivity contribution in [1.82, 2.24) is 9.29 Å². The van der Waals surface area contributed by atoms with Crippen molar-refractivity contribution in [3.05, 3.63) is 75.0 Å². The molecule has 3 heterocycles. The zero-order valence-electron chi connectivity index (χ0n) is 24.3. The third-order valence-electron chi connectivity index (χ3n) is 8.59. The van der Waals surface area contributed by atoms with E-state index in [-0.39, 0.29) is 11.1 Å². The minimum atomic E-state index is -3.81. The Kier molecular flexibility index (Phi) is 7.68. The van der Waals surface area contributed by atoms with Gasteiger partial charge in [-0.1, -0.05) is 25.3 Å². The molecule has 2 aliphatic rings. The average Bonchev–Trinajstić information content (AvgIpc) is 3.56. The Balaban J connectivity index is 1.62. The molecule has 43 heavy (non-hydrogen) atoms. The molecule has 10 heteroatoms. The van der Waals surface area contributed by atoms with Gasteiger partial charge in [-0.05, 0) is 97.2 Å². The highest BCUT2D eigenvalue weighted by Crippen LogP contribution is 2.48. The second-order valence-corrected chi connectivity index (χ2v) is 14.7. The lowest BCUT2D eigenvalue weighted by Gasteiger charge is -2.24. The van der Waals surface area contributed by atoms with Crippen molar-refractivity contribution >= 4 is 55.8 Å². The monoisotopic (exact) mass is 618 g/mol. The van der Waals surface area contributed by atoms with E-state index in [1.807, 2.05) is 24.3 Å². The van der Waals surface area contributed by atoms with Crippen molar-refractivity contribution in [2.75, 3.05) is 7.11 Å². The van der Waals surface area contributed by atoms with Gasteiger partial charge in [0.25, 0.3) is 5.91 Å². The summed E-state index contributed by atoms with van der Waals surface area (Å²) in [5.41, 5.74) is 6.35. The molecule has 0 radical (unpaired) electrons. The van der Waals surface area contributed by atoms with Gasteiger partial charge in [0.15, 0.2) is 0 Å². The van der Waals surface area contributed by atoms with Gasteiger partial charge in [0.2, 0.25) is 10.0 Å². The molecule has 1 aliphatic heterocycles. The zero-order chi connectivity index (χ0) is 30.5. The Morgan fingerprint density at radius 2 is 1.84 bits per heavy atom. The number of allylic oxidation sites excluding steroid dienone is 1. The topological polar surface area (TPSA) is 115 Å². The number of carboxylic acids is 1. The summed E-state index contributed by atoms with van der Waals surface area (Å²) < 4.78 is 35.0. The maximum atomic E-state index is 13.2. The van der Waals surface area contributed by atoms with E-state index in [1.54, 1.807) is 30.7 Å². The molecule has 1 fully saturated rings. The Morgan fingerprint density at radius 3 is 2.53 bits per heavy atom. The van der Waals surface area contributed by atoms with Crippen LogP contribution in [0.25, 0.3) is 33.8 Å². The number of hydrogen-bond acceptors (Lipinski definition) is 6. The Labute approximate surface area is 255 Å². The summed E-state index contributed by atoms with van der Waals surface area (Å²) in [6, 6.07) is 13.0. The fraction of sp³-hybridized carbons (Fsp3) is 0.333. The van der Waals surface area contributed by atoms with Crippen LogP contribution in [0.15, 0.2) is 47.8 Å². The summed E-state index contributed by atoms with van der Waals surface area (Å²) >= 11 is 1.39. The number of fused-ring (bicyclic) bond motifs is 5. The van der Waals surface area contributed by atoms with Crippen molar-refractivity contribution in [1.29, 1.82) is 0 Å². The van der Waals surface area contributed by atoms with Crippen LogP contribution in [-0.2, 0) is 16.6 Å². The average molecular weight is 619 g/mol. The Hall–Kier alpha value is -3.89. The predicted molar refractivity (Wildman–Crippen MR) is 170 cm³/mol. The normalized spacial score (nSPS) is 15.5. The summed E-state index contributed by atoms with van der Waals surface area (Å²) in [4.78, 5) is 26.0. The summed E-state index contributed by atoms with van der Waals surface area (Å²) in [5, 5.41) is 12.0. The number of hydrogen-bond donors (Lipinski definition) is 2. The number of carboxylic acid groups (broad SMARTS) is 1. The zero-order valence-corrected chi connectivity index (χ0v) is 26.0. The smallest absolute Gasteiger partial charge is 0.337 e. The third kappa shape index (κ3) is 5.27. The van der Waals surface area contributed by atoms with E-state index in [0.717, 1.165) is 59.0 Å². The Bertz CT molecular complexity index is 1890. The van der Waals surface area contributed by atoms with Gasteiger partial charge in [-0.2, -0.15) is 0 Å². The number of aromatic nitrogens is 1.